The molecule has 0 aromatic heterocycles. The molecular weight excluding hydrogens is 262 g/mol. The summed E-state index contributed by atoms with van der Waals surface area (Å²) in [5, 5.41) is 19.9. The van der Waals surface area contributed by atoms with Crippen LogP contribution in [-0.2, 0) is 20.8 Å². The van der Waals surface area contributed by atoms with Crippen molar-refractivity contribution in [2.75, 3.05) is 5.32 Å². The SMILES string of the molecule is C[C@H](Cc1ccc(NC(=O)CCC(=O)O)cc1)C(=O)O. The molecule has 108 valence electrons. The van der Waals surface area contributed by atoms with Gasteiger partial charge in [0, 0.05) is 12.1 Å². The minimum Gasteiger partial charge on any atom is -0.481 e. The zero-order chi connectivity index (χ0) is 15.1. The van der Waals surface area contributed by atoms with Crippen LogP contribution >= 0.6 is 0 Å². The molecule has 1 rings (SSSR count). The first-order valence-electron chi connectivity index (χ1n) is 6.22. The highest BCUT2D eigenvalue weighted by Crippen LogP contribution is 2.14. The van der Waals surface area contributed by atoms with E-state index in [2.05, 4.69) is 5.32 Å². The van der Waals surface area contributed by atoms with Crippen molar-refractivity contribution in [3.63, 3.8) is 0 Å². The third kappa shape index (κ3) is 5.51. The van der Waals surface area contributed by atoms with Crippen molar-refractivity contribution in [1.82, 2.24) is 0 Å². The van der Waals surface area contributed by atoms with E-state index in [0.717, 1.165) is 5.56 Å². The van der Waals surface area contributed by atoms with Gasteiger partial charge in [-0.2, -0.15) is 0 Å². The molecule has 1 atom stereocenters. The van der Waals surface area contributed by atoms with Crippen LogP contribution in [0.2, 0.25) is 0 Å². The molecule has 0 radical (unpaired) electrons. The van der Waals surface area contributed by atoms with E-state index in [4.69, 9.17) is 10.2 Å². The van der Waals surface area contributed by atoms with Gasteiger partial charge in [0.1, 0.15) is 0 Å². The molecule has 0 unspecified atom stereocenters. The van der Waals surface area contributed by atoms with E-state index in [1.165, 1.54) is 0 Å². The smallest absolute Gasteiger partial charge is 0.306 e. The van der Waals surface area contributed by atoms with Gasteiger partial charge in [0.25, 0.3) is 0 Å². The third-order valence-corrected chi connectivity index (χ3v) is 2.77. The Hall–Kier alpha value is -2.37. The van der Waals surface area contributed by atoms with Gasteiger partial charge in [-0.05, 0) is 24.1 Å². The van der Waals surface area contributed by atoms with Crippen LogP contribution < -0.4 is 5.32 Å². The van der Waals surface area contributed by atoms with Crippen LogP contribution in [0.5, 0.6) is 0 Å². The zero-order valence-electron chi connectivity index (χ0n) is 11.1. The van der Waals surface area contributed by atoms with Gasteiger partial charge in [-0.25, -0.2) is 0 Å². The second-order valence-corrected chi connectivity index (χ2v) is 4.58. The first-order chi connectivity index (χ1) is 9.38. The molecule has 6 nitrogen and oxygen atoms in total. The van der Waals surface area contributed by atoms with Gasteiger partial charge in [0.05, 0.1) is 12.3 Å². The number of nitrogens with one attached hydrogen (secondary N) is 1. The van der Waals surface area contributed by atoms with E-state index in [1.54, 1.807) is 31.2 Å². The lowest BCUT2D eigenvalue weighted by molar-refractivity contribution is -0.141. The predicted molar refractivity (Wildman–Crippen MR) is 72.4 cm³/mol. The van der Waals surface area contributed by atoms with Crippen LogP contribution in [0, 0.1) is 5.92 Å². The Bertz CT molecular complexity index is 495. The van der Waals surface area contributed by atoms with Crippen LogP contribution in [0.3, 0.4) is 0 Å². The van der Waals surface area contributed by atoms with Gasteiger partial charge in [-0.3, -0.25) is 14.4 Å². The Morgan fingerprint density at radius 1 is 1.10 bits per heavy atom. The van der Waals surface area contributed by atoms with E-state index in [9.17, 15) is 14.4 Å². The Kier molecular flexibility index (Phi) is 5.71. The summed E-state index contributed by atoms with van der Waals surface area (Å²) in [7, 11) is 0. The molecule has 0 fully saturated rings. The minimum atomic E-state index is -1.02. The maximum Gasteiger partial charge on any atom is 0.306 e. The fourth-order valence-corrected chi connectivity index (χ4v) is 1.61. The zero-order valence-corrected chi connectivity index (χ0v) is 11.1. The molecule has 6 heteroatoms. The van der Waals surface area contributed by atoms with E-state index in [1.807, 2.05) is 0 Å². The molecule has 0 saturated carbocycles. The molecule has 0 spiro atoms. The monoisotopic (exact) mass is 279 g/mol. The van der Waals surface area contributed by atoms with Gasteiger partial charge in [0.2, 0.25) is 5.91 Å². The van der Waals surface area contributed by atoms with Gasteiger partial charge < -0.3 is 15.5 Å². The number of anilines is 1. The average molecular weight is 279 g/mol. The normalized spacial score (nSPS) is 11.7. The number of carbonyl (C=O) groups excluding carboxylic acids is 1. The summed E-state index contributed by atoms with van der Waals surface area (Å²) >= 11 is 0. The highest BCUT2D eigenvalue weighted by molar-refractivity contribution is 5.92. The first kappa shape index (κ1) is 15.7. The summed E-state index contributed by atoms with van der Waals surface area (Å²) in [5.74, 6) is -2.70. The number of carboxylic acids is 2. The van der Waals surface area contributed by atoms with Gasteiger partial charge in [-0.15, -0.1) is 0 Å². The molecule has 0 aliphatic heterocycles. The Labute approximate surface area is 116 Å². The second kappa shape index (κ2) is 7.28. The van der Waals surface area contributed by atoms with Gasteiger partial charge in [-0.1, -0.05) is 19.1 Å². The minimum absolute atomic E-state index is 0.0763. The Balaban J connectivity index is 2.52. The highest BCUT2D eigenvalue weighted by atomic mass is 16.4. The summed E-state index contributed by atoms with van der Waals surface area (Å²) in [6.45, 7) is 1.63. The molecular formula is C14H17NO5. The molecule has 0 aliphatic rings. The molecule has 1 aromatic carbocycles. The number of carboxylic acid groups (broad SMARTS) is 2. The van der Waals surface area contributed by atoms with Gasteiger partial charge >= 0.3 is 11.9 Å². The number of amides is 1. The molecule has 0 saturated heterocycles. The second-order valence-electron chi connectivity index (χ2n) is 4.58. The van der Waals surface area contributed by atoms with Gasteiger partial charge in [0.15, 0.2) is 0 Å². The maximum atomic E-state index is 11.4. The lowest BCUT2D eigenvalue weighted by Crippen LogP contribution is -2.14. The van der Waals surface area contributed by atoms with Crippen molar-refractivity contribution in [2.24, 2.45) is 5.92 Å². The summed E-state index contributed by atoms with van der Waals surface area (Å²) < 4.78 is 0. The molecule has 1 amide bonds. The molecule has 1 aromatic rings. The Morgan fingerprint density at radius 2 is 1.70 bits per heavy atom. The number of hydrogen-bond acceptors (Lipinski definition) is 3. The predicted octanol–water partition coefficient (Wildman–Crippen LogP) is 1.75. The van der Waals surface area contributed by atoms with E-state index in [-0.39, 0.29) is 18.7 Å². The quantitative estimate of drug-likeness (QED) is 0.705. The lowest BCUT2D eigenvalue weighted by atomic mass is 10.0. The van der Waals surface area contributed by atoms with Crippen LogP contribution in [0.15, 0.2) is 24.3 Å². The van der Waals surface area contributed by atoms with E-state index in [0.29, 0.717) is 12.1 Å². The van der Waals surface area contributed by atoms with Crippen LogP contribution in [0.1, 0.15) is 25.3 Å². The summed E-state index contributed by atoms with van der Waals surface area (Å²) in [6, 6.07) is 6.82. The van der Waals surface area contributed by atoms with Crippen LogP contribution in [0.4, 0.5) is 5.69 Å². The third-order valence-electron chi connectivity index (χ3n) is 2.77. The molecule has 3 N–H and O–H groups in total. The van der Waals surface area contributed by atoms with Crippen LogP contribution in [0.25, 0.3) is 0 Å². The maximum absolute atomic E-state index is 11.4. The fraction of sp³-hybridized carbons (Fsp3) is 0.357. The highest BCUT2D eigenvalue weighted by Gasteiger charge is 2.11. The fourth-order valence-electron chi connectivity index (χ4n) is 1.61. The molecule has 0 aliphatic carbocycles. The van der Waals surface area contributed by atoms with Crippen LogP contribution in [-0.4, -0.2) is 28.1 Å². The number of aliphatic carboxylic acids is 2. The molecule has 0 bridgehead atoms. The van der Waals surface area contributed by atoms with Crippen molar-refractivity contribution in [3.05, 3.63) is 29.8 Å². The summed E-state index contributed by atoms with van der Waals surface area (Å²) in [5.41, 5.74) is 1.43. The van der Waals surface area contributed by atoms with E-state index >= 15 is 0 Å². The molecule has 20 heavy (non-hydrogen) atoms. The standard InChI is InChI=1S/C14H17NO5/c1-9(14(19)20)8-10-2-4-11(5-3-10)15-12(16)6-7-13(17)18/h2-5,9H,6-8H2,1H3,(H,15,16)(H,17,18)(H,19,20)/t9-/m1/s1. The summed E-state index contributed by atoms with van der Waals surface area (Å²) in [6.07, 6.45) is 0.135. The van der Waals surface area contributed by atoms with Crippen molar-refractivity contribution in [2.45, 2.75) is 26.2 Å². The summed E-state index contributed by atoms with van der Waals surface area (Å²) in [4.78, 5) is 32.5. The topological polar surface area (TPSA) is 104 Å². The average Bonchev–Trinajstić information content (AvgIpc) is 2.38. The first-order valence-corrected chi connectivity index (χ1v) is 6.22. The lowest BCUT2D eigenvalue weighted by Gasteiger charge is -2.08. The number of rotatable bonds is 7. The van der Waals surface area contributed by atoms with Crippen molar-refractivity contribution >= 4 is 23.5 Å². The van der Waals surface area contributed by atoms with Crippen molar-refractivity contribution < 1.29 is 24.6 Å². The number of carbonyl (C=O) groups is 3. The Morgan fingerprint density at radius 3 is 2.20 bits per heavy atom. The van der Waals surface area contributed by atoms with Crippen molar-refractivity contribution in [1.29, 1.82) is 0 Å². The van der Waals surface area contributed by atoms with Crippen molar-refractivity contribution in [3.8, 4) is 0 Å². The number of hydrogen-bond donors (Lipinski definition) is 3. The number of benzene rings is 1. The van der Waals surface area contributed by atoms with E-state index < -0.39 is 17.9 Å². The largest absolute Gasteiger partial charge is 0.481 e. The molecule has 0 heterocycles.